The van der Waals surface area contributed by atoms with Crippen LogP contribution in [-0.2, 0) is 0 Å². The van der Waals surface area contributed by atoms with E-state index < -0.39 is 0 Å². The fourth-order valence-electron chi connectivity index (χ4n) is 5.11. The number of fused-ring (bicyclic) bond motifs is 2. The molecule has 0 aliphatic heterocycles. The van der Waals surface area contributed by atoms with E-state index in [0.717, 1.165) is 71.4 Å². The van der Waals surface area contributed by atoms with Crippen LogP contribution in [0.25, 0.3) is 21.5 Å². The molecule has 198 valence electrons. The molecule has 4 rings (SSSR count). The molecule has 0 radical (unpaired) electrons. The van der Waals surface area contributed by atoms with E-state index in [1.54, 1.807) is 0 Å². The van der Waals surface area contributed by atoms with Gasteiger partial charge in [0.15, 0.2) is 0 Å². The maximum Gasteiger partial charge on any atom is 0.251 e. The predicted molar refractivity (Wildman–Crippen MR) is 159 cm³/mol. The minimum atomic E-state index is 0.0231. The Morgan fingerprint density at radius 3 is 1.18 bits per heavy atom. The van der Waals surface area contributed by atoms with Gasteiger partial charge in [-0.25, -0.2) is 0 Å². The van der Waals surface area contributed by atoms with Gasteiger partial charge in [-0.1, -0.05) is 124 Å². The van der Waals surface area contributed by atoms with Crippen LogP contribution < -0.4 is 10.6 Å². The van der Waals surface area contributed by atoms with Crippen LogP contribution in [0.5, 0.6) is 0 Å². The molecule has 0 atom stereocenters. The first kappa shape index (κ1) is 27.4. The maximum atomic E-state index is 12.6. The summed E-state index contributed by atoms with van der Waals surface area (Å²) in [5.74, 6) is 0.0462. The Labute approximate surface area is 226 Å². The number of amides is 2. The molecule has 2 N–H and O–H groups in total. The zero-order valence-electron chi connectivity index (χ0n) is 22.4. The number of unbranched alkanes of at least 4 members (excludes halogenated alkanes) is 9. The molecule has 0 aromatic heterocycles. The SMILES string of the molecule is O=C(NCCCCCCCCCCCCNC(=O)c1cccc2ccccc12)c1cccc2ccccc12. The van der Waals surface area contributed by atoms with Gasteiger partial charge in [0.1, 0.15) is 0 Å². The molecule has 4 aromatic carbocycles. The first-order valence-electron chi connectivity index (χ1n) is 14.3. The van der Waals surface area contributed by atoms with Crippen molar-refractivity contribution in [3.63, 3.8) is 0 Å². The van der Waals surface area contributed by atoms with Gasteiger partial charge < -0.3 is 10.6 Å². The van der Waals surface area contributed by atoms with Crippen molar-refractivity contribution in [2.24, 2.45) is 0 Å². The molecular formula is C34H40N2O2. The Balaban J connectivity index is 0.975. The Kier molecular flexibility index (Phi) is 10.8. The van der Waals surface area contributed by atoms with E-state index in [0.29, 0.717) is 0 Å². The highest BCUT2D eigenvalue weighted by Gasteiger charge is 2.09. The predicted octanol–water partition coefficient (Wildman–Crippen LogP) is 8.05. The van der Waals surface area contributed by atoms with Crippen molar-refractivity contribution >= 4 is 33.4 Å². The third-order valence-corrected chi connectivity index (χ3v) is 7.24. The van der Waals surface area contributed by atoms with Gasteiger partial charge in [-0.05, 0) is 46.5 Å². The highest BCUT2D eigenvalue weighted by Crippen LogP contribution is 2.19. The zero-order chi connectivity index (χ0) is 26.4. The van der Waals surface area contributed by atoms with Crippen molar-refractivity contribution in [2.75, 3.05) is 13.1 Å². The van der Waals surface area contributed by atoms with Crippen molar-refractivity contribution in [3.05, 3.63) is 96.1 Å². The molecule has 4 aromatic rings. The third-order valence-electron chi connectivity index (χ3n) is 7.24. The summed E-state index contributed by atoms with van der Waals surface area (Å²) in [5, 5.41) is 10.4. The molecule has 0 heterocycles. The van der Waals surface area contributed by atoms with Crippen LogP contribution in [0.3, 0.4) is 0 Å². The fourth-order valence-corrected chi connectivity index (χ4v) is 5.11. The van der Waals surface area contributed by atoms with Gasteiger partial charge in [0, 0.05) is 24.2 Å². The van der Waals surface area contributed by atoms with Crippen LogP contribution in [0.15, 0.2) is 84.9 Å². The van der Waals surface area contributed by atoms with E-state index in [2.05, 4.69) is 10.6 Å². The van der Waals surface area contributed by atoms with Gasteiger partial charge in [0.2, 0.25) is 0 Å². The number of hydrogen-bond acceptors (Lipinski definition) is 2. The second-order valence-corrected chi connectivity index (χ2v) is 10.1. The molecular weight excluding hydrogens is 468 g/mol. The van der Waals surface area contributed by atoms with Crippen LogP contribution in [0.2, 0.25) is 0 Å². The molecule has 38 heavy (non-hydrogen) atoms. The molecule has 4 nitrogen and oxygen atoms in total. The molecule has 0 bridgehead atoms. The number of rotatable bonds is 15. The highest BCUT2D eigenvalue weighted by atomic mass is 16.2. The molecule has 0 fully saturated rings. The zero-order valence-corrected chi connectivity index (χ0v) is 22.4. The van der Waals surface area contributed by atoms with E-state index in [1.165, 1.54) is 38.5 Å². The molecule has 0 aliphatic carbocycles. The summed E-state index contributed by atoms with van der Waals surface area (Å²) in [6.45, 7) is 1.47. The van der Waals surface area contributed by atoms with Gasteiger partial charge in [-0.2, -0.15) is 0 Å². The largest absolute Gasteiger partial charge is 0.352 e. The maximum absolute atomic E-state index is 12.6. The number of carbonyl (C=O) groups excluding carboxylic acids is 2. The number of nitrogens with one attached hydrogen (secondary N) is 2. The lowest BCUT2D eigenvalue weighted by Gasteiger charge is -2.08. The molecule has 4 heteroatoms. The summed E-state index contributed by atoms with van der Waals surface area (Å²) in [7, 11) is 0. The van der Waals surface area contributed by atoms with E-state index in [4.69, 9.17) is 0 Å². The van der Waals surface area contributed by atoms with E-state index >= 15 is 0 Å². The van der Waals surface area contributed by atoms with E-state index in [1.807, 2.05) is 84.9 Å². The Morgan fingerprint density at radius 2 is 0.763 bits per heavy atom. The van der Waals surface area contributed by atoms with Crippen LogP contribution in [0.1, 0.15) is 84.9 Å². The first-order chi connectivity index (χ1) is 18.7. The molecule has 0 saturated heterocycles. The van der Waals surface area contributed by atoms with E-state index in [-0.39, 0.29) is 11.8 Å². The Morgan fingerprint density at radius 1 is 0.421 bits per heavy atom. The Hall–Kier alpha value is -3.66. The summed E-state index contributed by atoms with van der Waals surface area (Å²) in [6.07, 6.45) is 11.9. The monoisotopic (exact) mass is 508 g/mol. The van der Waals surface area contributed by atoms with Crippen LogP contribution in [-0.4, -0.2) is 24.9 Å². The molecule has 0 saturated carbocycles. The summed E-state index contributed by atoms with van der Waals surface area (Å²) in [6, 6.07) is 27.8. The van der Waals surface area contributed by atoms with Crippen molar-refractivity contribution < 1.29 is 9.59 Å². The lowest BCUT2D eigenvalue weighted by molar-refractivity contribution is 0.0946. The summed E-state index contributed by atoms with van der Waals surface area (Å²) >= 11 is 0. The lowest BCUT2D eigenvalue weighted by Crippen LogP contribution is -2.24. The second-order valence-electron chi connectivity index (χ2n) is 10.1. The third kappa shape index (κ3) is 7.92. The highest BCUT2D eigenvalue weighted by molar-refractivity contribution is 6.07. The van der Waals surface area contributed by atoms with Crippen LogP contribution >= 0.6 is 0 Å². The molecule has 0 aliphatic rings. The second kappa shape index (κ2) is 14.9. The van der Waals surface area contributed by atoms with E-state index in [9.17, 15) is 9.59 Å². The summed E-state index contributed by atoms with van der Waals surface area (Å²) in [4.78, 5) is 25.1. The number of hydrogen-bond donors (Lipinski definition) is 2. The molecule has 2 amide bonds. The van der Waals surface area contributed by atoms with Crippen molar-refractivity contribution in [3.8, 4) is 0 Å². The van der Waals surface area contributed by atoms with Crippen molar-refractivity contribution in [1.29, 1.82) is 0 Å². The quantitative estimate of drug-likeness (QED) is 0.160. The van der Waals surface area contributed by atoms with Gasteiger partial charge in [-0.3, -0.25) is 9.59 Å². The molecule has 0 unspecified atom stereocenters. The van der Waals surface area contributed by atoms with Crippen LogP contribution in [0.4, 0.5) is 0 Å². The molecule has 0 spiro atoms. The average molecular weight is 509 g/mol. The average Bonchev–Trinajstić information content (AvgIpc) is 2.96. The number of benzene rings is 4. The first-order valence-corrected chi connectivity index (χ1v) is 14.3. The van der Waals surface area contributed by atoms with Crippen molar-refractivity contribution in [1.82, 2.24) is 10.6 Å². The topological polar surface area (TPSA) is 58.2 Å². The fraction of sp³-hybridized carbons (Fsp3) is 0.353. The summed E-state index contributed by atoms with van der Waals surface area (Å²) in [5.41, 5.74) is 1.52. The van der Waals surface area contributed by atoms with Gasteiger partial charge in [0.05, 0.1) is 0 Å². The van der Waals surface area contributed by atoms with Crippen molar-refractivity contribution in [2.45, 2.75) is 64.2 Å². The minimum absolute atomic E-state index is 0.0231. The van der Waals surface area contributed by atoms with Crippen LogP contribution in [0, 0.1) is 0 Å². The number of carbonyl (C=O) groups is 2. The van der Waals surface area contributed by atoms with Gasteiger partial charge in [0.25, 0.3) is 11.8 Å². The lowest BCUT2D eigenvalue weighted by atomic mass is 10.0. The normalized spacial score (nSPS) is 11.1. The van der Waals surface area contributed by atoms with Gasteiger partial charge >= 0.3 is 0 Å². The standard InChI is InChI=1S/C34H40N2O2/c37-33(31-23-15-19-27-17-9-11-21-29(27)31)35-25-13-7-5-3-1-2-4-6-8-14-26-36-34(38)32-24-16-20-28-18-10-12-22-30(28)32/h9-12,15-24H,1-8,13-14,25-26H2,(H,35,37)(H,36,38). The minimum Gasteiger partial charge on any atom is -0.352 e. The van der Waals surface area contributed by atoms with Gasteiger partial charge in [-0.15, -0.1) is 0 Å². The summed E-state index contributed by atoms with van der Waals surface area (Å²) < 4.78 is 0. The smallest absolute Gasteiger partial charge is 0.251 e. The Bertz CT molecular complexity index is 1220.